The van der Waals surface area contributed by atoms with E-state index in [1.165, 1.54) is 19.2 Å². The molecule has 0 amide bonds. The summed E-state index contributed by atoms with van der Waals surface area (Å²) in [5.41, 5.74) is 7.37. The number of methoxy groups -OCH3 is 1. The van der Waals surface area contributed by atoms with Gasteiger partial charge in [-0.2, -0.15) is 0 Å². The van der Waals surface area contributed by atoms with Gasteiger partial charge < -0.3 is 15.8 Å². The molecule has 0 aliphatic carbocycles. The zero-order valence-electron chi connectivity index (χ0n) is 9.71. The molecule has 0 fully saturated rings. The van der Waals surface area contributed by atoms with Gasteiger partial charge in [0.2, 0.25) is 0 Å². The van der Waals surface area contributed by atoms with Crippen molar-refractivity contribution >= 4 is 28.7 Å². The Morgan fingerprint density at radius 2 is 2.06 bits per heavy atom. The summed E-state index contributed by atoms with van der Waals surface area (Å²) in [5.74, 6) is -0.361. The van der Waals surface area contributed by atoms with Crippen molar-refractivity contribution in [1.29, 1.82) is 0 Å². The van der Waals surface area contributed by atoms with Crippen LogP contribution in [-0.2, 0) is 0 Å². The Labute approximate surface area is 109 Å². The van der Waals surface area contributed by atoms with E-state index in [2.05, 4.69) is 5.32 Å². The van der Waals surface area contributed by atoms with Crippen molar-refractivity contribution < 1.29 is 9.13 Å². The molecule has 0 spiro atoms. The van der Waals surface area contributed by atoms with Crippen molar-refractivity contribution in [2.75, 3.05) is 18.2 Å². The minimum Gasteiger partial charge on any atom is -0.494 e. The van der Waals surface area contributed by atoms with Gasteiger partial charge in [-0.3, -0.25) is 0 Å². The molecule has 5 heteroatoms. The van der Waals surface area contributed by atoms with E-state index in [1.807, 2.05) is 12.1 Å². The molecule has 2 rings (SSSR count). The monoisotopic (exact) mass is 266 g/mol. The summed E-state index contributed by atoms with van der Waals surface area (Å²) in [7, 11) is 1.40. The first-order valence-electron chi connectivity index (χ1n) is 5.26. The lowest BCUT2D eigenvalue weighted by molar-refractivity contribution is 0.387. The van der Waals surface area contributed by atoms with Crippen molar-refractivity contribution in [2.45, 2.75) is 0 Å². The largest absolute Gasteiger partial charge is 0.494 e. The van der Waals surface area contributed by atoms with Gasteiger partial charge in [-0.05, 0) is 18.2 Å². The van der Waals surface area contributed by atoms with Crippen molar-refractivity contribution in [2.24, 2.45) is 0 Å². The molecule has 0 radical (unpaired) electrons. The normalized spacial score (nSPS) is 10.2. The van der Waals surface area contributed by atoms with Crippen LogP contribution in [0.2, 0.25) is 5.02 Å². The van der Waals surface area contributed by atoms with E-state index in [-0.39, 0.29) is 5.75 Å². The fourth-order valence-corrected chi connectivity index (χ4v) is 1.75. The molecular formula is C13H12ClFN2O. The summed E-state index contributed by atoms with van der Waals surface area (Å²) in [6, 6.07) is 9.87. The molecule has 3 nitrogen and oxygen atoms in total. The van der Waals surface area contributed by atoms with Gasteiger partial charge in [0.25, 0.3) is 0 Å². The highest BCUT2D eigenvalue weighted by molar-refractivity contribution is 6.30. The zero-order chi connectivity index (χ0) is 13.1. The Kier molecular flexibility index (Phi) is 3.58. The number of halogens is 2. The highest BCUT2D eigenvalue weighted by atomic mass is 35.5. The number of hydrogen-bond acceptors (Lipinski definition) is 3. The standard InChI is InChI=1S/C13H12ClFN2O/c1-18-13-7-12(11(16)6-10(13)15)17-9-4-2-3-8(14)5-9/h2-7,17H,16H2,1H3. The average Bonchev–Trinajstić information content (AvgIpc) is 2.33. The van der Waals surface area contributed by atoms with Crippen LogP contribution in [0.3, 0.4) is 0 Å². The van der Waals surface area contributed by atoms with Gasteiger partial charge in [0.05, 0.1) is 18.5 Å². The van der Waals surface area contributed by atoms with Gasteiger partial charge in [-0.15, -0.1) is 0 Å². The SMILES string of the molecule is COc1cc(Nc2cccc(Cl)c2)c(N)cc1F. The van der Waals surface area contributed by atoms with E-state index >= 15 is 0 Å². The molecule has 2 aromatic carbocycles. The van der Waals surface area contributed by atoms with E-state index in [1.54, 1.807) is 12.1 Å². The molecule has 18 heavy (non-hydrogen) atoms. The fraction of sp³-hybridized carbons (Fsp3) is 0.0769. The number of ether oxygens (including phenoxy) is 1. The number of benzene rings is 2. The average molecular weight is 267 g/mol. The molecular weight excluding hydrogens is 255 g/mol. The van der Waals surface area contributed by atoms with E-state index < -0.39 is 5.82 Å². The van der Waals surface area contributed by atoms with Crippen LogP contribution in [0, 0.1) is 5.82 Å². The third-order valence-electron chi connectivity index (χ3n) is 2.43. The summed E-state index contributed by atoms with van der Waals surface area (Å²) in [5, 5.41) is 3.66. The summed E-state index contributed by atoms with van der Waals surface area (Å²) in [6.07, 6.45) is 0. The van der Waals surface area contributed by atoms with Gasteiger partial charge in [-0.1, -0.05) is 17.7 Å². The third-order valence-corrected chi connectivity index (χ3v) is 2.66. The number of rotatable bonds is 3. The molecule has 0 saturated carbocycles. The highest BCUT2D eigenvalue weighted by Crippen LogP contribution is 2.30. The van der Waals surface area contributed by atoms with E-state index in [9.17, 15) is 4.39 Å². The molecule has 0 aliphatic rings. The van der Waals surface area contributed by atoms with Gasteiger partial charge in [-0.25, -0.2) is 4.39 Å². The summed E-state index contributed by atoms with van der Waals surface area (Å²) in [4.78, 5) is 0. The molecule has 0 aromatic heterocycles. The minimum absolute atomic E-state index is 0.133. The molecule has 0 aliphatic heterocycles. The first-order chi connectivity index (χ1) is 8.60. The molecule has 0 bridgehead atoms. The van der Waals surface area contributed by atoms with E-state index in [0.29, 0.717) is 16.4 Å². The van der Waals surface area contributed by atoms with Crippen molar-refractivity contribution in [1.82, 2.24) is 0 Å². The number of nitrogen functional groups attached to an aromatic ring is 1. The van der Waals surface area contributed by atoms with Gasteiger partial charge in [0.1, 0.15) is 0 Å². The van der Waals surface area contributed by atoms with Crippen LogP contribution in [0.1, 0.15) is 0 Å². The maximum absolute atomic E-state index is 13.4. The van der Waals surface area contributed by atoms with Crippen molar-refractivity contribution in [3.05, 3.63) is 47.2 Å². The Bertz CT molecular complexity index is 575. The van der Waals surface area contributed by atoms with E-state index in [4.69, 9.17) is 22.1 Å². The van der Waals surface area contributed by atoms with E-state index in [0.717, 1.165) is 5.69 Å². The predicted molar refractivity (Wildman–Crippen MR) is 72.1 cm³/mol. The summed E-state index contributed by atoms with van der Waals surface area (Å²) >= 11 is 5.88. The minimum atomic E-state index is -0.494. The lowest BCUT2D eigenvalue weighted by Gasteiger charge is -2.12. The van der Waals surface area contributed by atoms with Gasteiger partial charge >= 0.3 is 0 Å². The first-order valence-corrected chi connectivity index (χ1v) is 5.63. The molecule has 0 heterocycles. The Morgan fingerprint density at radius 3 is 2.72 bits per heavy atom. The van der Waals surface area contributed by atoms with Crippen LogP contribution >= 0.6 is 11.6 Å². The topological polar surface area (TPSA) is 47.3 Å². The zero-order valence-corrected chi connectivity index (χ0v) is 10.5. The molecule has 0 atom stereocenters. The Balaban J connectivity index is 2.34. The maximum Gasteiger partial charge on any atom is 0.167 e. The van der Waals surface area contributed by atoms with Crippen LogP contribution in [-0.4, -0.2) is 7.11 Å². The van der Waals surface area contributed by atoms with Gasteiger partial charge in [0.15, 0.2) is 11.6 Å². The summed E-state index contributed by atoms with van der Waals surface area (Å²) in [6.45, 7) is 0. The second-order valence-corrected chi connectivity index (χ2v) is 4.15. The quantitative estimate of drug-likeness (QED) is 0.831. The van der Waals surface area contributed by atoms with Gasteiger partial charge in [0, 0.05) is 22.8 Å². The fourth-order valence-electron chi connectivity index (χ4n) is 1.56. The number of hydrogen-bond donors (Lipinski definition) is 2. The lowest BCUT2D eigenvalue weighted by Crippen LogP contribution is -1.99. The summed E-state index contributed by atoms with van der Waals surface area (Å²) < 4.78 is 18.3. The highest BCUT2D eigenvalue weighted by Gasteiger charge is 2.08. The van der Waals surface area contributed by atoms with Crippen LogP contribution < -0.4 is 15.8 Å². The maximum atomic E-state index is 13.4. The van der Waals surface area contributed by atoms with Crippen LogP contribution in [0.4, 0.5) is 21.5 Å². The Hall–Kier alpha value is -1.94. The number of nitrogens with two attached hydrogens (primary N) is 1. The smallest absolute Gasteiger partial charge is 0.167 e. The lowest BCUT2D eigenvalue weighted by atomic mass is 10.2. The molecule has 2 aromatic rings. The van der Waals surface area contributed by atoms with Crippen LogP contribution in [0.25, 0.3) is 0 Å². The second-order valence-electron chi connectivity index (χ2n) is 3.71. The number of nitrogens with one attached hydrogen (secondary N) is 1. The molecule has 94 valence electrons. The van der Waals surface area contributed by atoms with Crippen molar-refractivity contribution in [3.63, 3.8) is 0 Å². The first kappa shape index (κ1) is 12.5. The van der Waals surface area contributed by atoms with Crippen LogP contribution in [0.15, 0.2) is 36.4 Å². The Morgan fingerprint density at radius 1 is 1.28 bits per heavy atom. The number of anilines is 3. The van der Waals surface area contributed by atoms with Crippen molar-refractivity contribution in [3.8, 4) is 5.75 Å². The molecule has 3 N–H and O–H groups in total. The molecule has 0 unspecified atom stereocenters. The third kappa shape index (κ3) is 2.65. The predicted octanol–water partition coefficient (Wildman–Crippen LogP) is 3.81. The molecule has 0 saturated heterocycles. The second kappa shape index (κ2) is 5.14. The van der Waals surface area contributed by atoms with Crippen LogP contribution in [0.5, 0.6) is 5.75 Å².